The summed E-state index contributed by atoms with van der Waals surface area (Å²) in [6.45, 7) is -2.04. The molecule has 1 unspecified atom stereocenters. The van der Waals surface area contributed by atoms with Crippen molar-refractivity contribution in [3.05, 3.63) is 0 Å². The van der Waals surface area contributed by atoms with Gasteiger partial charge in [-0.15, -0.1) is 0 Å². The fourth-order valence-corrected chi connectivity index (χ4v) is 1.03. The maximum Gasteiger partial charge on any atom is 0.459 e. The van der Waals surface area contributed by atoms with Crippen LogP contribution in [0, 0.1) is 0 Å². The average molecular weight is 270 g/mol. The van der Waals surface area contributed by atoms with E-state index in [9.17, 15) is 30.7 Å². The lowest BCUT2D eigenvalue weighted by Crippen LogP contribution is -2.54. The quantitative estimate of drug-likeness (QED) is 0.715. The Labute approximate surface area is 91.7 Å². The molecule has 0 N–H and O–H groups in total. The Kier molecular flexibility index (Phi) is 3.92. The van der Waals surface area contributed by atoms with E-state index in [1.54, 1.807) is 0 Å². The summed E-state index contributed by atoms with van der Waals surface area (Å²) in [5.41, 5.74) is 0. The minimum absolute atomic E-state index is 0.392. The average Bonchev–Trinajstić information content (AvgIpc) is 2.07. The molecule has 1 rings (SSSR count). The lowest BCUT2D eigenvalue weighted by molar-refractivity contribution is -0.362. The molecule has 0 amide bonds. The van der Waals surface area contributed by atoms with Gasteiger partial charge in [-0.3, -0.25) is 0 Å². The van der Waals surface area contributed by atoms with Gasteiger partial charge in [-0.1, -0.05) is 0 Å². The molecule has 0 aromatic carbocycles. The second kappa shape index (κ2) is 4.60. The second-order valence-corrected chi connectivity index (χ2v) is 3.57. The third-order valence-corrected chi connectivity index (χ3v) is 2.20. The van der Waals surface area contributed by atoms with Crippen LogP contribution < -0.4 is 0 Å². The van der Waals surface area contributed by atoms with Gasteiger partial charge in [0, 0.05) is 6.61 Å². The number of hydrogen-bond acceptors (Lipinski definition) is 2. The third-order valence-electron chi connectivity index (χ3n) is 2.20. The van der Waals surface area contributed by atoms with Crippen molar-refractivity contribution in [3.8, 4) is 0 Å². The highest BCUT2D eigenvalue weighted by Crippen LogP contribution is 2.46. The van der Waals surface area contributed by atoms with E-state index in [0.29, 0.717) is 13.0 Å². The van der Waals surface area contributed by atoms with Crippen molar-refractivity contribution in [2.75, 3.05) is 19.8 Å². The van der Waals surface area contributed by atoms with E-state index in [1.165, 1.54) is 0 Å². The van der Waals surface area contributed by atoms with E-state index in [4.69, 9.17) is 4.74 Å². The topological polar surface area (TPSA) is 18.5 Å². The number of ether oxygens (including phenoxy) is 2. The van der Waals surface area contributed by atoms with E-state index in [0.717, 1.165) is 0 Å². The van der Waals surface area contributed by atoms with Crippen molar-refractivity contribution in [3.63, 3.8) is 0 Å². The summed E-state index contributed by atoms with van der Waals surface area (Å²) in [4.78, 5) is 0. The van der Waals surface area contributed by atoms with Crippen molar-refractivity contribution >= 4 is 0 Å². The SMILES string of the molecule is FC(F)(F)C(F)(F)C(F)(F)COCC1CCO1. The molecule has 0 bridgehead atoms. The standard InChI is InChI=1S/C8H9F7O2/c9-6(10,7(11,12)8(13,14)15)4-16-3-5-1-2-17-5/h5H,1-4H2. The van der Waals surface area contributed by atoms with Crippen LogP contribution >= 0.6 is 0 Å². The molecule has 17 heavy (non-hydrogen) atoms. The molecule has 0 saturated carbocycles. The minimum Gasteiger partial charge on any atom is -0.376 e. The summed E-state index contributed by atoms with van der Waals surface area (Å²) in [5.74, 6) is -11.4. The number of hydrogen-bond donors (Lipinski definition) is 0. The Morgan fingerprint density at radius 1 is 1.06 bits per heavy atom. The van der Waals surface area contributed by atoms with E-state index in [-0.39, 0.29) is 0 Å². The van der Waals surface area contributed by atoms with Crippen LogP contribution in [-0.2, 0) is 9.47 Å². The maximum absolute atomic E-state index is 12.6. The molecule has 9 heteroatoms. The van der Waals surface area contributed by atoms with E-state index in [2.05, 4.69) is 4.74 Å². The first-order chi connectivity index (χ1) is 7.58. The van der Waals surface area contributed by atoms with E-state index < -0.39 is 37.3 Å². The van der Waals surface area contributed by atoms with Crippen molar-refractivity contribution < 1.29 is 40.2 Å². The summed E-state index contributed by atoms with van der Waals surface area (Å²) in [5, 5.41) is 0. The van der Waals surface area contributed by atoms with Crippen LogP contribution in [0.3, 0.4) is 0 Å². The predicted octanol–water partition coefficient (Wildman–Crippen LogP) is 2.62. The first-order valence-corrected chi connectivity index (χ1v) is 4.59. The summed E-state index contributed by atoms with van der Waals surface area (Å²) >= 11 is 0. The fraction of sp³-hybridized carbons (Fsp3) is 1.00. The maximum atomic E-state index is 12.6. The summed E-state index contributed by atoms with van der Waals surface area (Å²) in [6, 6.07) is 0. The fourth-order valence-electron chi connectivity index (χ4n) is 1.03. The molecule has 1 atom stereocenters. The molecule has 2 nitrogen and oxygen atoms in total. The molecule has 1 saturated heterocycles. The van der Waals surface area contributed by atoms with Crippen LogP contribution in [0.25, 0.3) is 0 Å². The molecule has 1 aliphatic heterocycles. The van der Waals surface area contributed by atoms with Gasteiger partial charge in [0.25, 0.3) is 0 Å². The van der Waals surface area contributed by atoms with Gasteiger partial charge >= 0.3 is 18.0 Å². The van der Waals surface area contributed by atoms with Gasteiger partial charge in [0.15, 0.2) is 0 Å². The van der Waals surface area contributed by atoms with Crippen molar-refractivity contribution in [1.82, 2.24) is 0 Å². The van der Waals surface area contributed by atoms with Crippen LogP contribution in [0.5, 0.6) is 0 Å². The summed E-state index contributed by atoms with van der Waals surface area (Å²) < 4.78 is 93.8. The van der Waals surface area contributed by atoms with Gasteiger partial charge in [0.2, 0.25) is 0 Å². The molecular formula is C8H9F7O2. The molecule has 102 valence electrons. The Hall–Kier alpha value is -0.570. The molecular weight excluding hydrogens is 261 g/mol. The number of halogens is 7. The minimum atomic E-state index is -6.31. The predicted molar refractivity (Wildman–Crippen MR) is 41.1 cm³/mol. The van der Waals surface area contributed by atoms with E-state index >= 15 is 0 Å². The monoisotopic (exact) mass is 270 g/mol. The first-order valence-electron chi connectivity index (χ1n) is 4.59. The zero-order valence-electron chi connectivity index (χ0n) is 8.37. The highest BCUT2D eigenvalue weighted by atomic mass is 19.4. The lowest BCUT2D eigenvalue weighted by Gasteiger charge is -2.30. The smallest absolute Gasteiger partial charge is 0.376 e. The van der Waals surface area contributed by atoms with Crippen molar-refractivity contribution in [2.45, 2.75) is 30.5 Å². The molecule has 0 radical (unpaired) electrons. The zero-order valence-corrected chi connectivity index (χ0v) is 8.37. The third kappa shape index (κ3) is 3.01. The van der Waals surface area contributed by atoms with Crippen molar-refractivity contribution in [1.29, 1.82) is 0 Å². The molecule has 0 aliphatic carbocycles. The molecule has 1 aliphatic rings. The Morgan fingerprint density at radius 3 is 1.94 bits per heavy atom. The van der Waals surface area contributed by atoms with Crippen LogP contribution in [0.2, 0.25) is 0 Å². The first kappa shape index (κ1) is 14.5. The molecule has 1 fully saturated rings. The van der Waals surface area contributed by atoms with Crippen LogP contribution in [0.4, 0.5) is 30.7 Å². The highest BCUT2D eigenvalue weighted by Gasteiger charge is 2.72. The van der Waals surface area contributed by atoms with Crippen LogP contribution in [-0.4, -0.2) is 43.9 Å². The van der Waals surface area contributed by atoms with Gasteiger partial charge in [-0.05, 0) is 6.42 Å². The number of alkyl halides is 7. The summed E-state index contributed by atoms with van der Waals surface area (Å²) in [6.07, 6.45) is -6.32. The van der Waals surface area contributed by atoms with E-state index in [1.807, 2.05) is 0 Å². The molecule has 0 spiro atoms. The van der Waals surface area contributed by atoms with Crippen LogP contribution in [0.15, 0.2) is 0 Å². The Balaban J connectivity index is 2.48. The largest absolute Gasteiger partial charge is 0.459 e. The van der Waals surface area contributed by atoms with Crippen LogP contribution in [0.1, 0.15) is 6.42 Å². The number of rotatable bonds is 5. The summed E-state index contributed by atoms with van der Waals surface area (Å²) in [7, 11) is 0. The van der Waals surface area contributed by atoms with Gasteiger partial charge in [0.1, 0.15) is 6.61 Å². The van der Waals surface area contributed by atoms with Gasteiger partial charge in [-0.25, -0.2) is 0 Å². The van der Waals surface area contributed by atoms with Crippen molar-refractivity contribution in [2.24, 2.45) is 0 Å². The second-order valence-electron chi connectivity index (χ2n) is 3.57. The molecule has 0 aromatic heterocycles. The van der Waals surface area contributed by atoms with Gasteiger partial charge in [-0.2, -0.15) is 30.7 Å². The zero-order chi connectivity index (χ0) is 13.3. The highest BCUT2D eigenvalue weighted by molar-refractivity contribution is 4.91. The lowest BCUT2D eigenvalue weighted by atomic mass is 10.1. The normalized spacial score (nSPS) is 22.4. The Bertz CT molecular complexity index is 259. The van der Waals surface area contributed by atoms with Gasteiger partial charge in [0.05, 0.1) is 12.7 Å². The molecule has 1 heterocycles. The van der Waals surface area contributed by atoms with Gasteiger partial charge < -0.3 is 9.47 Å². The molecule has 0 aromatic rings. The Morgan fingerprint density at radius 2 is 1.59 bits per heavy atom.